The fourth-order valence-electron chi connectivity index (χ4n) is 6.78. The van der Waals surface area contributed by atoms with Gasteiger partial charge in [-0.1, -0.05) is 0 Å². The third-order valence-corrected chi connectivity index (χ3v) is 9.22. The summed E-state index contributed by atoms with van der Waals surface area (Å²) in [7, 11) is 0. The summed E-state index contributed by atoms with van der Waals surface area (Å²) in [5.74, 6) is 1.53. The van der Waals surface area contributed by atoms with Crippen LogP contribution in [-0.4, -0.2) is 67.2 Å². The molecular formula is C25H34N6O2S. The van der Waals surface area contributed by atoms with Gasteiger partial charge in [-0.15, -0.1) is 11.3 Å². The summed E-state index contributed by atoms with van der Waals surface area (Å²) in [4.78, 5) is 37.9. The highest BCUT2D eigenvalue weighted by molar-refractivity contribution is 7.09. The van der Waals surface area contributed by atoms with E-state index in [1.807, 2.05) is 11.6 Å². The van der Waals surface area contributed by atoms with Crippen LogP contribution in [0.25, 0.3) is 0 Å². The van der Waals surface area contributed by atoms with Crippen LogP contribution < -0.4 is 5.32 Å². The molecule has 4 atom stereocenters. The number of piperidine rings is 1. The molecule has 1 N–H and O–H groups in total. The number of carbonyl (C=O) groups excluding carboxylic acids is 2. The number of rotatable bonds is 7. The van der Waals surface area contributed by atoms with Crippen molar-refractivity contribution < 1.29 is 9.59 Å². The third-order valence-electron chi connectivity index (χ3n) is 8.33. The first-order valence-electron chi connectivity index (χ1n) is 12.7. The van der Waals surface area contributed by atoms with Gasteiger partial charge in [0.05, 0.1) is 17.8 Å². The lowest BCUT2D eigenvalue weighted by Gasteiger charge is -2.41. The number of aryl methyl sites for hydroxylation is 1. The highest BCUT2D eigenvalue weighted by atomic mass is 32.1. The molecule has 5 heterocycles. The van der Waals surface area contributed by atoms with Crippen LogP contribution in [-0.2, 0) is 22.6 Å². The van der Waals surface area contributed by atoms with Crippen molar-refractivity contribution in [1.29, 1.82) is 0 Å². The van der Waals surface area contributed by atoms with Crippen molar-refractivity contribution in [3.8, 4) is 0 Å². The van der Waals surface area contributed by atoms with Crippen LogP contribution in [0, 0.1) is 6.92 Å². The SMILES string of the molecule is CC(=O)N[C@@H](CCN1C2CCC1CC(n1c(C)nc3c1CCN(C1CC1=O)C3)C2)c1nccs1. The summed E-state index contributed by atoms with van der Waals surface area (Å²) in [6.07, 6.45) is 9.32. The van der Waals surface area contributed by atoms with Gasteiger partial charge in [0, 0.05) is 74.8 Å². The molecule has 1 amide bonds. The maximum Gasteiger partial charge on any atom is 0.217 e. The number of hydrogen-bond acceptors (Lipinski definition) is 7. The third kappa shape index (κ3) is 4.12. The van der Waals surface area contributed by atoms with E-state index < -0.39 is 0 Å². The van der Waals surface area contributed by atoms with Gasteiger partial charge in [-0.25, -0.2) is 9.97 Å². The Kier molecular flexibility index (Phi) is 5.82. The number of ketones is 1. The Morgan fingerprint density at radius 1 is 1.26 bits per heavy atom. The molecule has 1 saturated carbocycles. The van der Waals surface area contributed by atoms with Crippen molar-refractivity contribution in [3.05, 3.63) is 33.8 Å². The fraction of sp³-hybridized carbons (Fsp3) is 0.680. The van der Waals surface area contributed by atoms with Crippen LogP contribution in [0.1, 0.15) is 79.8 Å². The molecule has 0 spiro atoms. The second-order valence-corrected chi connectivity index (χ2v) is 11.4. The lowest BCUT2D eigenvalue weighted by atomic mass is 9.95. The number of aromatic nitrogens is 3. The predicted octanol–water partition coefficient (Wildman–Crippen LogP) is 2.78. The van der Waals surface area contributed by atoms with Crippen LogP contribution in [0.3, 0.4) is 0 Å². The molecule has 182 valence electrons. The molecule has 2 aromatic heterocycles. The molecule has 1 aliphatic carbocycles. The van der Waals surface area contributed by atoms with Crippen molar-refractivity contribution >= 4 is 23.0 Å². The number of carbonyl (C=O) groups is 2. The summed E-state index contributed by atoms with van der Waals surface area (Å²) >= 11 is 1.62. The molecule has 0 radical (unpaired) electrons. The maximum atomic E-state index is 11.8. The van der Waals surface area contributed by atoms with Gasteiger partial charge in [0.1, 0.15) is 10.8 Å². The van der Waals surface area contributed by atoms with Gasteiger partial charge < -0.3 is 9.88 Å². The molecular weight excluding hydrogens is 448 g/mol. The van der Waals surface area contributed by atoms with Gasteiger partial charge in [0.15, 0.2) is 5.78 Å². The lowest BCUT2D eigenvalue weighted by Crippen LogP contribution is -2.45. The average Bonchev–Trinajstić information content (AvgIpc) is 3.12. The molecule has 3 aliphatic heterocycles. The van der Waals surface area contributed by atoms with E-state index in [0.29, 0.717) is 23.9 Å². The highest BCUT2D eigenvalue weighted by Gasteiger charge is 2.44. The number of thiazole rings is 1. The van der Waals surface area contributed by atoms with Crippen LogP contribution in [0.15, 0.2) is 11.6 Å². The second-order valence-electron chi connectivity index (χ2n) is 10.5. The Hall–Kier alpha value is -2.10. The summed E-state index contributed by atoms with van der Waals surface area (Å²) in [6.45, 7) is 6.54. The minimum atomic E-state index is -0.00108. The molecule has 8 nitrogen and oxygen atoms in total. The first-order valence-corrected chi connectivity index (χ1v) is 13.6. The molecule has 9 heteroatoms. The number of amides is 1. The van der Waals surface area contributed by atoms with E-state index in [4.69, 9.17) is 4.98 Å². The van der Waals surface area contributed by atoms with Crippen molar-refractivity contribution in [2.45, 2.75) is 95.5 Å². The number of imidazole rings is 1. The molecule has 6 rings (SSSR count). The molecule has 2 aromatic rings. The van der Waals surface area contributed by atoms with E-state index in [1.54, 1.807) is 18.3 Å². The monoisotopic (exact) mass is 482 g/mol. The van der Waals surface area contributed by atoms with E-state index in [9.17, 15) is 9.59 Å². The van der Waals surface area contributed by atoms with Gasteiger partial charge in [-0.3, -0.25) is 19.4 Å². The molecule has 0 aromatic carbocycles. The maximum absolute atomic E-state index is 11.8. The first kappa shape index (κ1) is 22.4. The van der Waals surface area contributed by atoms with Crippen LogP contribution >= 0.6 is 11.3 Å². The van der Waals surface area contributed by atoms with Gasteiger partial charge in [0.2, 0.25) is 5.91 Å². The van der Waals surface area contributed by atoms with E-state index in [1.165, 1.54) is 37.1 Å². The Labute approximate surface area is 204 Å². The Balaban J connectivity index is 1.13. The predicted molar refractivity (Wildman–Crippen MR) is 130 cm³/mol. The summed E-state index contributed by atoms with van der Waals surface area (Å²) < 4.78 is 2.56. The number of fused-ring (bicyclic) bond motifs is 3. The molecule has 3 unspecified atom stereocenters. The van der Waals surface area contributed by atoms with E-state index in [0.717, 1.165) is 49.7 Å². The Bertz CT molecular complexity index is 1070. The zero-order valence-electron chi connectivity index (χ0n) is 20.1. The first-order chi connectivity index (χ1) is 16.5. The molecule has 2 saturated heterocycles. The normalized spacial score (nSPS) is 29.8. The smallest absolute Gasteiger partial charge is 0.217 e. The number of nitrogens with zero attached hydrogens (tertiary/aromatic N) is 5. The molecule has 4 aliphatic rings. The van der Waals surface area contributed by atoms with Crippen molar-refractivity contribution in [2.24, 2.45) is 0 Å². The Morgan fingerprint density at radius 2 is 2.03 bits per heavy atom. The van der Waals surface area contributed by atoms with Gasteiger partial charge >= 0.3 is 0 Å². The largest absolute Gasteiger partial charge is 0.347 e. The zero-order valence-corrected chi connectivity index (χ0v) is 20.9. The van der Waals surface area contributed by atoms with Crippen LogP contribution in [0.2, 0.25) is 0 Å². The zero-order chi connectivity index (χ0) is 23.4. The van der Waals surface area contributed by atoms with Crippen LogP contribution in [0.5, 0.6) is 0 Å². The highest BCUT2D eigenvalue weighted by Crippen LogP contribution is 2.43. The molecule has 2 bridgehead atoms. The quantitative estimate of drug-likeness (QED) is 0.654. The second kappa shape index (κ2) is 8.84. The van der Waals surface area contributed by atoms with Crippen molar-refractivity contribution in [3.63, 3.8) is 0 Å². The standard InChI is InChI=1S/C25H34N6O2S/c1-15-27-21-14-29(23-13-24(23)33)8-6-22(21)31(15)19-11-17-3-4-18(12-19)30(17)9-5-20(28-16(2)32)25-26-7-10-34-25/h7,10,17-20,23H,3-6,8-9,11-14H2,1-2H3,(H,28,32)/t17?,18?,19?,20-,23?/m0/s1. The summed E-state index contributed by atoms with van der Waals surface area (Å²) in [5.41, 5.74) is 2.61. The Morgan fingerprint density at radius 3 is 2.68 bits per heavy atom. The summed E-state index contributed by atoms with van der Waals surface area (Å²) in [5, 5.41) is 6.09. The van der Waals surface area contributed by atoms with Gasteiger partial charge in [-0.2, -0.15) is 0 Å². The minimum absolute atomic E-state index is 0.00108. The van der Waals surface area contributed by atoms with Crippen LogP contribution in [0.4, 0.5) is 0 Å². The van der Waals surface area contributed by atoms with Gasteiger partial charge in [-0.05, 0) is 39.0 Å². The number of hydrogen-bond donors (Lipinski definition) is 1. The van der Waals surface area contributed by atoms with E-state index >= 15 is 0 Å². The van der Waals surface area contributed by atoms with Crippen molar-refractivity contribution in [2.75, 3.05) is 13.1 Å². The lowest BCUT2D eigenvalue weighted by molar-refractivity contribution is -0.119. The fourth-order valence-corrected chi connectivity index (χ4v) is 7.51. The van der Waals surface area contributed by atoms with E-state index in [2.05, 4.69) is 31.6 Å². The molecule has 34 heavy (non-hydrogen) atoms. The minimum Gasteiger partial charge on any atom is -0.347 e. The topological polar surface area (TPSA) is 83.4 Å². The summed E-state index contributed by atoms with van der Waals surface area (Å²) in [6, 6.07) is 1.87. The molecule has 3 fully saturated rings. The van der Waals surface area contributed by atoms with Crippen molar-refractivity contribution in [1.82, 2.24) is 29.7 Å². The number of nitrogens with one attached hydrogen (secondary N) is 1. The van der Waals surface area contributed by atoms with E-state index in [-0.39, 0.29) is 18.0 Å². The number of Topliss-reactive ketones (excluding diaryl/α,β-unsaturated/α-hetero) is 1. The van der Waals surface area contributed by atoms with Gasteiger partial charge in [0.25, 0.3) is 0 Å². The average molecular weight is 483 g/mol.